The number of hydrogen-bond donors (Lipinski definition) is 0. The first-order valence-electron chi connectivity index (χ1n) is 4.67. The molecule has 1 saturated heterocycles. The van der Waals surface area contributed by atoms with Crippen LogP contribution in [0.5, 0.6) is 0 Å². The molecule has 74 valence electrons. The summed E-state index contributed by atoms with van der Waals surface area (Å²) in [4.78, 5) is 12.2. The minimum absolute atomic E-state index is 0.00935. The fourth-order valence-electron chi connectivity index (χ4n) is 1.43. The minimum atomic E-state index is -0.0778. The fraction of sp³-hybridized carbons (Fsp3) is 0.364. The number of carbonyl (C=O) groups is 1. The van der Waals surface area contributed by atoms with Gasteiger partial charge in [0.1, 0.15) is 0 Å². The van der Waals surface area contributed by atoms with Crippen molar-refractivity contribution in [3.63, 3.8) is 0 Å². The van der Waals surface area contributed by atoms with Crippen LogP contribution in [0.3, 0.4) is 0 Å². The maximum absolute atomic E-state index is 11.0. The number of benzene rings is 1. The molecule has 1 aromatic carbocycles. The van der Waals surface area contributed by atoms with Crippen molar-refractivity contribution in [1.29, 1.82) is 0 Å². The van der Waals surface area contributed by atoms with Crippen molar-refractivity contribution in [2.24, 2.45) is 5.92 Å². The van der Waals surface area contributed by atoms with E-state index in [-0.39, 0.29) is 11.4 Å². The first-order chi connectivity index (χ1) is 6.75. The Morgan fingerprint density at radius 1 is 1.36 bits per heavy atom. The Morgan fingerprint density at radius 3 is 2.64 bits per heavy atom. The van der Waals surface area contributed by atoms with Gasteiger partial charge < -0.3 is 4.74 Å². The molecule has 0 bridgehead atoms. The molecule has 0 aromatic heterocycles. The van der Waals surface area contributed by atoms with E-state index in [9.17, 15) is 4.79 Å². The first kappa shape index (κ1) is 9.59. The van der Waals surface area contributed by atoms with Crippen LogP contribution in [0, 0.1) is 5.92 Å². The van der Waals surface area contributed by atoms with Crippen molar-refractivity contribution in [3.05, 3.63) is 30.3 Å². The average Bonchev–Trinajstić information content (AvgIpc) is 2.47. The topological polar surface area (TPSA) is 26.3 Å². The molecular formula is C11H12O2S. The molecule has 2 atom stereocenters. The molecule has 0 N–H and O–H groups in total. The summed E-state index contributed by atoms with van der Waals surface area (Å²) in [7, 11) is 0. The molecule has 2 nitrogen and oxygen atoms in total. The molecule has 14 heavy (non-hydrogen) atoms. The normalized spacial score (nSPS) is 26.2. The smallest absolute Gasteiger partial charge is 0.307 e. The van der Waals surface area contributed by atoms with Gasteiger partial charge in [-0.3, -0.25) is 4.79 Å². The Balaban J connectivity index is 2.02. The second-order valence-corrected chi connectivity index (χ2v) is 4.64. The third kappa shape index (κ3) is 2.10. The molecule has 0 amide bonds. The minimum Gasteiger partial charge on any atom is -0.451 e. The van der Waals surface area contributed by atoms with Crippen LogP contribution < -0.4 is 0 Å². The summed E-state index contributed by atoms with van der Waals surface area (Å²) in [6.45, 7) is 2.05. The SMILES string of the molecule is CC1CC(=O)OC1Sc1ccccc1. The van der Waals surface area contributed by atoms with Gasteiger partial charge in [-0.05, 0) is 12.1 Å². The summed E-state index contributed by atoms with van der Waals surface area (Å²) in [5, 5.41) is 0. The summed E-state index contributed by atoms with van der Waals surface area (Å²) < 4.78 is 5.20. The summed E-state index contributed by atoms with van der Waals surface area (Å²) in [5.41, 5.74) is -0.00935. The molecule has 1 aliphatic heterocycles. The molecule has 0 radical (unpaired) electrons. The molecule has 3 heteroatoms. The van der Waals surface area contributed by atoms with E-state index in [0.717, 1.165) is 4.90 Å². The monoisotopic (exact) mass is 208 g/mol. The molecule has 1 fully saturated rings. The molecule has 0 spiro atoms. The Morgan fingerprint density at radius 2 is 2.07 bits per heavy atom. The van der Waals surface area contributed by atoms with Gasteiger partial charge in [0.2, 0.25) is 0 Å². The van der Waals surface area contributed by atoms with Gasteiger partial charge in [-0.2, -0.15) is 0 Å². The number of ether oxygens (including phenoxy) is 1. The lowest BCUT2D eigenvalue weighted by Crippen LogP contribution is -2.07. The van der Waals surface area contributed by atoms with Gasteiger partial charge in [0.05, 0.1) is 6.42 Å². The fourth-order valence-corrected chi connectivity index (χ4v) is 2.49. The van der Waals surface area contributed by atoms with Gasteiger partial charge in [0.15, 0.2) is 5.44 Å². The van der Waals surface area contributed by atoms with Gasteiger partial charge in [-0.1, -0.05) is 36.9 Å². The molecule has 2 unspecified atom stereocenters. The van der Waals surface area contributed by atoms with Crippen LogP contribution in [-0.4, -0.2) is 11.4 Å². The van der Waals surface area contributed by atoms with E-state index < -0.39 is 0 Å². The highest BCUT2D eigenvalue weighted by Gasteiger charge is 2.31. The standard InChI is InChI=1S/C11H12O2S/c1-8-7-10(12)13-11(8)14-9-5-3-2-4-6-9/h2-6,8,11H,7H2,1H3. The van der Waals surface area contributed by atoms with Gasteiger partial charge in [-0.25, -0.2) is 0 Å². The Kier molecular flexibility index (Phi) is 2.77. The maximum atomic E-state index is 11.0. The predicted octanol–water partition coefficient (Wildman–Crippen LogP) is 2.69. The van der Waals surface area contributed by atoms with Crippen LogP contribution in [0.2, 0.25) is 0 Å². The van der Waals surface area contributed by atoms with Gasteiger partial charge in [-0.15, -0.1) is 0 Å². The summed E-state index contributed by atoms with van der Waals surface area (Å²) in [6.07, 6.45) is 0.546. The largest absolute Gasteiger partial charge is 0.451 e. The maximum Gasteiger partial charge on any atom is 0.307 e. The van der Waals surface area contributed by atoms with Crippen LogP contribution in [0.25, 0.3) is 0 Å². The Bertz CT molecular complexity index is 323. The highest BCUT2D eigenvalue weighted by atomic mass is 32.2. The lowest BCUT2D eigenvalue weighted by Gasteiger charge is -2.12. The molecular weight excluding hydrogens is 196 g/mol. The second kappa shape index (κ2) is 4.05. The molecule has 0 saturated carbocycles. The second-order valence-electron chi connectivity index (χ2n) is 3.47. The summed E-state index contributed by atoms with van der Waals surface area (Å²) in [5.74, 6) is 0.235. The van der Waals surface area contributed by atoms with Gasteiger partial charge >= 0.3 is 5.97 Å². The van der Waals surface area contributed by atoms with E-state index in [1.807, 2.05) is 37.3 Å². The quantitative estimate of drug-likeness (QED) is 0.699. The van der Waals surface area contributed by atoms with E-state index in [1.165, 1.54) is 0 Å². The van der Waals surface area contributed by atoms with Crippen LogP contribution in [0.4, 0.5) is 0 Å². The van der Waals surface area contributed by atoms with Crippen molar-refractivity contribution < 1.29 is 9.53 Å². The molecule has 0 aliphatic carbocycles. The zero-order chi connectivity index (χ0) is 9.97. The van der Waals surface area contributed by atoms with E-state index in [0.29, 0.717) is 12.3 Å². The number of cyclic esters (lactones) is 1. The van der Waals surface area contributed by atoms with E-state index >= 15 is 0 Å². The van der Waals surface area contributed by atoms with Crippen LogP contribution in [0.15, 0.2) is 35.2 Å². The van der Waals surface area contributed by atoms with Crippen molar-refractivity contribution in [1.82, 2.24) is 0 Å². The zero-order valence-electron chi connectivity index (χ0n) is 7.97. The number of hydrogen-bond acceptors (Lipinski definition) is 3. The van der Waals surface area contributed by atoms with Crippen molar-refractivity contribution in [2.75, 3.05) is 0 Å². The van der Waals surface area contributed by atoms with E-state index in [2.05, 4.69) is 0 Å². The lowest BCUT2D eigenvalue weighted by atomic mass is 10.2. The number of rotatable bonds is 2. The number of carbonyl (C=O) groups excluding carboxylic acids is 1. The van der Waals surface area contributed by atoms with E-state index in [1.54, 1.807) is 11.8 Å². The van der Waals surface area contributed by atoms with E-state index in [4.69, 9.17) is 4.74 Å². The Hall–Kier alpha value is -0.960. The predicted molar refractivity (Wildman–Crippen MR) is 56.0 cm³/mol. The highest BCUT2D eigenvalue weighted by Crippen LogP contribution is 2.34. The molecule has 1 heterocycles. The Labute approximate surface area is 87.6 Å². The molecule has 2 rings (SSSR count). The molecule has 1 aromatic rings. The summed E-state index contributed by atoms with van der Waals surface area (Å²) >= 11 is 1.62. The summed E-state index contributed by atoms with van der Waals surface area (Å²) in [6, 6.07) is 10.0. The molecule has 1 aliphatic rings. The van der Waals surface area contributed by atoms with Crippen molar-refractivity contribution >= 4 is 17.7 Å². The first-order valence-corrected chi connectivity index (χ1v) is 5.55. The lowest BCUT2D eigenvalue weighted by molar-refractivity contribution is -0.138. The third-order valence-electron chi connectivity index (χ3n) is 2.20. The number of esters is 1. The number of thioether (sulfide) groups is 1. The van der Waals surface area contributed by atoms with Crippen LogP contribution >= 0.6 is 11.8 Å². The van der Waals surface area contributed by atoms with Crippen molar-refractivity contribution in [2.45, 2.75) is 23.7 Å². The van der Waals surface area contributed by atoms with Crippen LogP contribution in [0.1, 0.15) is 13.3 Å². The van der Waals surface area contributed by atoms with Gasteiger partial charge in [0, 0.05) is 10.8 Å². The highest BCUT2D eigenvalue weighted by molar-refractivity contribution is 7.99. The van der Waals surface area contributed by atoms with Crippen molar-refractivity contribution in [3.8, 4) is 0 Å². The van der Waals surface area contributed by atoms with Gasteiger partial charge in [0.25, 0.3) is 0 Å². The third-order valence-corrected chi connectivity index (χ3v) is 3.53. The van der Waals surface area contributed by atoms with Crippen LogP contribution in [-0.2, 0) is 9.53 Å². The zero-order valence-corrected chi connectivity index (χ0v) is 8.79. The average molecular weight is 208 g/mol.